The van der Waals surface area contributed by atoms with Crippen molar-refractivity contribution in [1.82, 2.24) is 4.90 Å². The van der Waals surface area contributed by atoms with Crippen molar-refractivity contribution in [1.29, 1.82) is 0 Å². The average Bonchev–Trinajstić information content (AvgIpc) is 2.39. The first-order valence-electron chi connectivity index (χ1n) is 6.10. The molecule has 0 heterocycles. The topological polar surface area (TPSA) is 57.2 Å². The van der Waals surface area contributed by atoms with Crippen LogP contribution in [0.25, 0.3) is 0 Å². The van der Waals surface area contributed by atoms with Gasteiger partial charge in [-0.3, -0.25) is 4.79 Å². The Labute approximate surface area is 109 Å². The second-order valence-corrected chi connectivity index (χ2v) is 3.85. The van der Waals surface area contributed by atoms with Crippen LogP contribution in [0.1, 0.15) is 6.42 Å². The molecular weight excluding hydrogens is 238 g/mol. The fourth-order valence-corrected chi connectivity index (χ4v) is 1.18. The Hall–Kier alpha value is -0.690. The summed E-state index contributed by atoms with van der Waals surface area (Å²) in [6.45, 7) is 4.46. The van der Waals surface area contributed by atoms with Crippen LogP contribution in [0.4, 0.5) is 0 Å². The van der Waals surface area contributed by atoms with E-state index >= 15 is 0 Å². The Morgan fingerprint density at radius 3 is 2.17 bits per heavy atom. The Balaban J connectivity index is 3.20. The zero-order valence-corrected chi connectivity index (χ0v) is 11.6. The van der Waals surface area contributed by atoms with Crippen LogP contribution in [0.2, 0.25) is 0 Å². The Morgan fingerprint density at radius 1 is 0.944 bits per heavy atom. The number of esters is 1. The van der Waals surface area contributed by atoms with Gasteiger partial charge in [0.15, 0.2) is 0 Å². The van der Waals surface area contributed by atoms with Gasteiger partial charge in [-0.05, 0) is 7.05 Å². The van der Waals surface area contributed by atoms with Crippen molar-refractivity contribution in [2.24, 2.45) is 0 Å². The third-order valence-corrected chi connectivity index (χ3v) is 2.35. The van der Waals surface area contributed by atoms with Gasteiger partial charge in [0.2, 0.25) is 0 Å². The zero-order valence-electron chi connectivity index (χ0n) is 11.6. The maximum atomic E-state index is 10.9. The molecule has 6 heteroatoms. The molecular formula is C12H25NO5. The van der Waals surface area contributed by atoms with Gasteiger partial charge in [-0.25, -0.2) is 0 Å². The maximum Gasteiger partial charge on any atom is 0.306 e. The van der Waals surface area contributed by atoms with E-state index in [1.165, 1.54) is 7.11 Å². The van der Waals surface area contributed by atoms with Crippen molar-refractivity contribution in [2.45, 2.75) is 6.42 Å². The quantitative estimate of drug-likeness (QED) is 0.369. The van der Waals surface area contributed by atoms with Gasteiger partial charge in [0.1, 0.15) is 0 Å². The lowest BCUT2D eigenvalue weighted by Gasteiger charge is -2.15. The number of nitrogens with zero attached hydrogens (tertiary/aromatic N) is 1. The molecule has 0 radical (unpaired) electrons. The summed E-state index contributed by atoms with van der Waals surface area (Å²) in [4.78, 5) is 12.9. The summed E-state index contributed by atoms with van der Waals surface area (Å²) in [5.74, 6) is -0.186. The van der Waals surface area contributed by atoms with Gasteiger partial charge in [0.25, 0.3) is 0 Å². The second-order valence-electron chi connectivity index (χ2n) is 3.85. The molecule has 0 saturated heterocycles. The van der Waals surface area contributed by atoms with E-state index in [-0.39, 0.29) is 5.97 Å². The molecule has 0 rings (SSSR count). The SMILES string of the molecule is COCCOCCOCCN(C)CCC(=O)OC. The van der Waals surface area contributed by atoms with Crippen molar-refractivity contribution in [3.8, 4) is 0 Å². The minimum atomic E-state index is -0.186. The van der Waals surface area contributed by atoms with Crippen molar-refractivity contribution >= 4 is 5.97 Å². The van der Waals surface area contributed by atoms with Crippen molar-refractivity contribution in [3.05, 3.63) is 0 Å². The molecule has 0 fully saturated rings. The standard InChI is InChI=1S/C12H25NO5/c1-13(5-4-12(14)16-3)6-7-17-10-11-18-9-8-15-2/h4-11H2,1-3H3. The first-order valence-corrected chi connectivity index (χ1v) is 6.10. The minimum Gasteiger partial charge on any atom is -0.469 e. The third-order valence-electron chi connectivity index (χ3n) is 2.35. The molecule has 0 aromatic rings. The molecule has 0 aromatic heterocycles. The molecule has 0 atom stereocenters. The van der Waals surface area contributed by atoms with Gasteiger partial charge >= 0.3 is 5.97 Å². The second kappa shape index (κ2) is 12.8. The zero-order chi connectivity index (χ0) is 13.6. The highest BCUT2D eigenvalue weighted by Gasteiger charge is 2.03. The van der Waals surface area contributed by atoms with Gasteiger partial charge in [0.05, 0.1) is 46.6 Å². The number of carbonyl (C=O) groups excluding carboxylic acids is 1. The molecule has 108 valence electrons. The fourth-order valence-electron chi connectivity index (χ4n) is 1.18. The number of ether oxygens (including phenoxy) is 4. The predicted octanol–water partition coefficient (Wildman–Crippen LogP) is 0.161. The molecule has 0 bridgehead atoms. The molecule has 6 nitrogen and oxygen atoms in total. The average molecular weight is 263 g/mol. The Kier molecular flexibility index (Phi) is 12.3. The van der Waals surface area contributed by atoms with Crippen LogP contribution >= 0.6 is 0 Å². The minimum absolute atomic E-state index is 0.186. The number of hydrogen-bond donors (Lipinski definition) is 0. The highest BCUT2D eigenvalue weighted by Crippen LogP contribution is 1.90. The first-order chi connectivity index (χ1) is 8.70. The molecule has 0 aliphatic rings. The molecule has 0 amide bonds. The summed E-state index contributed by atoms with van der Waals surface area (Å²) in [5.41, 5.74) is 0. The van der Waals surface area contributed by atoms with E-state index < -0.39 is 0 Å². The van der Waals surface area contributed by atoms with Crippen LogP contribution in [0, 0.1) is 0 Å². The highest BCUT2D eigenvalue weighted by molar-refractivity contribution is 5.69. The molecule has 0 aliphatic carbocycles. The summed E-state index contributed by atoms with van der Waals surface area (Å²) < 4.78 is 20.1. The van der Waals surface area contributed by atoms with Gasteiger partial charge in [0, 0.05) is 20.2 Å². The lowest BCUT2D eigenvalue weighted by molar-refractivity contribution is -0.140. The van der Waals surface area contributed by atoms with E-state index in [0.29, 0.717) is 46.0 Å². The van der Waals surface area contributed by atoms with Gasteiger partial charge in [-0.15, -0.1) is 0 Å². The maximum absolute atomic E-state index is 10.9. The number of likely N-dealkylation sites (N-methyl/N-ethyl adjacent to an activating group) is 1. The van der Waals surface area contributed by atoms with E-state index in [0.717, 1.165) is 6.54 Å². The molecule has 0 saturated carbocycles. The molecule has 0 aliphatic heterocycles. The van der Waals surface area contributed by atoms with Crippen LogP contribution in [0.5, 0.6) is 0 Å². The molecule has 18 heavy (non-hydrogen) atoms. The van der Waals surface area contributed by atoms with Crippen LogP contribution in [0.3, 0.4) is 0 Å². The third kappa shape index (κ3) is 11.8. The van der Waals surface area contributed by atoms with Crippen LogP contribution in [0.15, 0.2) is 0 Å². The monoisotopic (exact) mass is 263 g/mol. The van der Waals surface area contributed by atoms with Gasteiger partial charge < -0.3 is 23.8 Å². The molecule has 0 N–H and O–H groups in total. The van der Waals surface area contributed by atoms with E-state index in [4.69, 9.17) is 14.2 Å². The number of rotatable bonds is 12. The molecule has 0 unspecified atom stereocenters. The molecule has 0 spiro atoms. The normalized spacial score (nSPS) is 10.9. The van der Waals surface area contributed by atoms with E-state index in [2.05, 4.69) is 4.74 Å². The van der Waals surface area contributed by atoms with Gasteiger partial charge in [-0.1, -0.05) is 0 Å². The fraction of sp³-hybridized carbons (Fsp3) is 0.917. The number of carbonyl (C=O) groups is 1. The van der Waals surface area contributed by atoms with Crippen molar-refractivity contribution < 1.29 is 23.7 Å². The Morgan fingerprint density at radius 2 is 1.56 bits per heavy atom. The van der Waals surface area contributed by atoms with Crippen molar-refractivity contribution in [2.75, 3.05) is 67.4 Å². The summed E-state index contributed by atoms with van der Waals surface area (Å²) in [6, 6.07) is 0. The largest absolute Gasteiger partial charge is 0.469 e. The van der Waals surface area contributed by atoms with Crippen LogP contribution in [-0.2, 0) is 23.7 Å². The van der Waals surface area contributed by atoms with Crippen LogP contribution in [-0.4, -0.2) is 78.3 Å². The summed E-state index contributed by atoms with van der Waals surface area (Å²) >= 11 is 0. The summed E-state index contributed by atoms with van der Waals surface area (Å²) in [6.07, 6.45) is 0.410. The smallest absolute Gasteiger partial charge is 0.306 e. The summed E-state index contributed by atoms with van der Waals surface area (Å²) in [7, 11) is 4.99. The highest BCUT2D eigenvalue weighted by atomic mass is 16.5. The molecule has 0 aromatic carbocycles. The van der Waals surface area contributed by atoms with E-state index in [9.17, 15) is 4.79 Å². The first kappa shape index (κ1) is 17.3. The van der Waals surface area contributed by atoms with Crippen molar-refractivity contribution in [3.63, 3.8) is 0 Å². The van der Waals surface area contributed by atoms with E-state index in [1.54, 1.807) is 7.11 Å². The van der Waals surface area contributed by atoms with Gasteiger partial charge in [-0.2, -0.15) is 0 Å². The number of hydrogen-bond acceptors (Lipinski definition) is 6. The lowest BCUT2D eigenvalue weighted by Crippen LogP contribution is -2.26. The number of methoxy groups -OCH3 is 2. The predicted molar refractivity (Wildman–Crippen MR) is 67.6 cm³/mol. The lowest BCUT2D eigenvalue weighted by atomic mass is 10.4. The summed E-state index contributed by atoms with van der Waals surface area (Å²) in [5, 5.41) is 0. The van der Waals surface area contributed by atoms with Crippen LogP contribution < -0.4 is 0 Å². The Bertz CT molecular complexity index is 201. The van der Waals surface area contributed by atoms with E-state index in [1.807, 2.05) is 11.9 Å².